The lowest BCUT2D eigenvalue weighted by Gasteiger charge is -2.40. The third-order valence-corrected chi connectivity index (χ3v) is 14.1. The van der Waals surface area contributed by atoms with Crippen LogP contribution < -0.4 is 5.32 Å². The van der Waals surface area contributed by atoms with Gasteiger partial charge in [-0.1, -0.05) is 51.1 Å². The number of nitrogens with zero attached hydrogens (tertiary/aromatic N) is 3. The molecule has 1 N–H and O–H groups in total. The first-order chi connectivity index (χ1) is 22.2. The van der Waals surface area contributed by atoms with Crippen molar-refractivity contribution < 1.29 is 27.5 Å². The molecule has 2 heterocycles. The molecule has 1 saturated heterocycles. The maximum absolute atomic E-state index is 15.0. The van der Waals surface area contributed by atoms with Crippen molar-refractivity contribution >= 4 is 14.4 Å². The van der Waals surface area contributed by atoms with Crippen LogP contribution in [0.3, 0.4) is 0 Å². The van der Waals surface area contributed by atoms with Crippen LogP contribution in [0.2, 0.25) is 18.1 Å². The minimum Gasteiger partial charge on any atom is -0.444 e. The molecule has 3 aromatic rings. The van der Waals surface area contributed by atoms with E-state index in [1.807, 2.05) is 69.5 Å². The summed E-state index contributed by atoms with van der Waals surface area (Å²) in [6.07, 6.45) is 1.20. The highest BCUT2D eigenvalue weighted by Gasteiger charge is 2.46. The quantitative estimate of drug-likeness (QED) is 0.205. The number of hydrogen-bond acceptors (Lipinski definition) is 6. The van der Waals surface area contributed by atoms with Crippen molar-refractivity contribution in [1.82, 2.24) is 19.8 Å². The van der Waals surface area contributed by atoms with Gasteiger partial charge in [0, 0.05) is 51.0 Å². The standard InChI is InChI=1S/C37H54F2N4O4Si/c1-35(2,3)46-34(44)43-22-26(31(24-43)47-48(10,11)36(4,5)6)20-40-32(37(7,8)45-9)33-41-30(28-19-27(38)17-18-29(28)39)23-42(33)21-25-15-13-12-14-16-25/h12-19,23,26,31-32,40H,20-22,24H2,1-11H3/t26-,31-,32+/m1/s1. The summed E-state index contributed by atoms with van der Waals surface area (Å²) in [7, 11) is -0.549. The van der Waals surface area contributed by atoms with Gasteiger partial charge in [-0.2, -0.15) is 0 Å². The summed E-state index contributed by atoms with van der Waals surface area (Å²) < 4.78 is 50.1. The number of rotatable bonds is 11. The van der Waals surface area contributed by atoms with Gasteiger partial charge in [-0.25, -0.2) is 18.6 Å². The lowest BCUT2D eigenvalue weighted by atomic mass is 9.96. The van der Waals surface area contributed by atoms with E-state index in [1.165, 1.54) is 6.07 Å². The Hall–Kier alpha value is -3.12. The Bertz CT molecular complexity index is 1550. The van der Waals surface area contributed by atoms with Gasteiger partial charge < -0.3 is 28.7 Å². The summed E-state index contributed by atoms with van der Waals surface area (Å²) in [6.45, 7) is 22.4. The van der Waals surface area contributed by atoms with Crippen LogP contribution in [-0.2, 0) is 20.4 Å². The fourth-order valence-corrected chi connectivity index (χ4v) is 7.01. The molecule has 0 aliphatic carbocycles. The summed E-state index contributed by atoms with van der Waals surface area (Å²) in [6, 6.07) is 12.8. The molecule has 0 bridgehead atoms. The maximum Gasteiger partial charge on any atom is 0.410 e. The Morgan fingerprint density at radius 2 is 1.69 bits per heavy atom. The smallest absolute Gasteiger partial charge is 0.410 e. The molecule has 1 aliphatic heterocycles. The van der Waals surface area contributed by atoms with E-state index in [9.17, 15) is 9.18 Å². The SMILES string of the molecule is COC(C)(C)[C@@H](NC[C@@H]1CN(C(=O)OC(C)(C)C)C[C@H]1O[Si](C)(C)C(C)(C)C)c1nc(-c2cc(F)ccc2F)cn1Cc1ccccc1. The van der Waals surface area contributed by atoms with Crippen LogP contribution in [0.25, 0.3) is 11.3 Å². The second-order valence-corrected chi connectivity index (χ2v) is 20.7. The van der Waals surface area contributed by atoms with E-state index in [0.717, 1.165) is 17.7 Å². The highest BCUT2D eigenvalue weighted by molar-refractivity contribution is 6.74. The molecule has 1 aromatic heterocycles. The number of imidazole rings is 1. The Morgan fingerprint density at radius 3 is 2.29 bits per heavy atom. The minimum atomic E-state index is -2.20. The minimum absolute atomic E-state index is 0.0182. The van der Waals surface area contributed by atoms with Crippen LogP contribution in [0.4, 0.5) is 13.6 Å². The number of halogens is 2. The summed E-state index contributed by atoms with van der Waals surface area (Å²) in [5.74, 6) is -0.532. The van der Waals surface area contributed by atoms with Crippen molar-refractivity contribution in [3.8, 4) is 11.3 Å². The van der Waals surface area contributed by atoms with E-state index >= 15 is 4.39 Å². The molecule has 4 rings (SSSR count). The lowest BCUT2D eigenvalue weighted by Crippen LogP contribution is -2.49. The predicted octanol–water partition coefficient (Wildman–Crippen LogP) is 8.19. The molecule has 0 saturated carbocycles. The molecule has 264 valence electrons. The average molecular weight is 685 g/mol. The molecule has 8 nitrogen and oxygen atoms in total. The molecule has 0 radical (unpaired) electrons. The first-order valence-corrected chi connectivity index (χ1v) is 19.6. The van der Waals surface area contributed by atoms with Crippen molar-refractivity contribution in [2.75, 3.05) is 26.7 Å². The van der Waals surface area contributed by atoms with Gasteiger partial charge in [-0.05, 0) is 76.5 Å². The Morgan fingerprint density at radius 1 is 1.02 bits per heavy atom. The van der Waals surface area contributed by atoms with Crippen molar-refractivity contribution in [3.05, 3.63) is 77.8 Å². The number of carbonyl (C=O) groups is 1. The van der Waals surface area contributed by atoms with E-state index in [-0.39, 0.29) is 28.7 Å². The summed E-state index contributed by atoms with van der Waals surface area (Å²) in [5, 5.41) is 3.71. The monoisotopic (exact) mass is 684 g/mol. The zero-order valence-corrected chi connectivity index (χ0v) is 31.5. The molecular formula is C37H54F2N4O4Si. The molecule has 1 fully saturated rings. The molecule has 2 aromatic carbocycles. The normalized spacial score (nSPS) is 18.3. The van der Waals surface area contributed by atoms with E-state index in [1.54, 1.807) is 18.2 Å². The molecule has 0 unspecified atom stereocenters. The molecule has 1 amide bonds. The Kier molecular flexibility index (Phi) is 11.3. The van der Waals surface area contributed by atoms with E-state index in [0.29, 0.717) is 37.7 Å². The first kappa shape index (κ1) is 37.7. The van der Waals surface area contributed by atoms with Gasteiger partial charge in [0.15, 0.2) is 8.32 Å². The largest absolute Gasteiger partial charge is 0.444 e. The summed E-state index contributed by atoms with van der Waals surface area (Å²) in [4.78, 5) is 19.9. The topological polar surface area (TPSA) is 77.8 Å². The fraction of sp³-hybridized carbons (Fsp3) is 0.568. The van der Waals surface area contributed by atoms with Crippen molar-refractivity contribution in [2.24, 2.45) is 5.92 Å². The number of nitrogens with one attached hydrogen (secondary N) is 1. The van der Waals surface area contributed by atoms with Crippen molar-refractivity contribution in [3.63, 3.8) is 0 Å². The number of carbonyl (C=O) groups excluding carboxylic acids is 1. The highest BCUT2D eigenvalue weighted by Crippen LogP contribution is 2.40. The number of ether oxygens (including phenoxy) is 2. The van der Waals surface area contributed by atoms with Gasteiger partial charge in [0.25, 0.3) is 0 Å². The third kappa shape index (κ3) is 9.10. The Balaban J connectivity index is 1.72. The van der Waals surface area contributed by atoms with Gasteiger partial charge in [0.05, 0.1) is 23.4 Å². The second kappa shape index (κ2) is 14.4. The zero-order chi connectivity index (χ0) is 35.7. The van der Waals surface area contributed by atoms with E-state index in [2.05, 4.69) is 39.2 Å². The van der Waals surface area contributed by atoms with Crippen LogP contribution in [0.15, 0.2) is 54.7 Å². The number of hydrogen-bond donors (Lipinski definition) is 1. The molecule has 11 heteroatoms. The fourth-order valence-electron chi connectivity index (χ4n) is 5.63. The number of benzene rings is 2. The lowest BCUT2D eigenvalue weighted by molar-refractivity contribution is -0.0165. The van der Waals surface area contributed by atoms with Gasteiger partial charge in [0.2, 0.25) is 0 Å². The van der Waals surface area contributed by atoms with E-state index in [4.69, 9.17) is 18.9 Å². The summed E-state index contributed by atoms with van der Waals surface area (Å²) >= 11 is 0. The maximum atomic E-state index is 15.0. The number of amides is 1. The predicted molar refractivity (Wildman–Crippen MR) is 188 cm³/mol. The summed E-state index contributed by atoms with van der Waals surface area (Å²) in [5.41, 5.74) is 0.0573. The first-order valence-electron chi connectivity index (χ1n) is 16.7. The van der Waals surface area contributed by atoms with Crippen LogP contribution in [0.1, 0.15) is 72.8 Å². The van der Waals surface area contributed by atoms with Crippen LogP contribution in [0.5, 0.6) is 0 Å². The van der Waals surface area contributed by atoms with Gasteiger partial charge in [0.1, 0.15) is 23.1 Å². The van der Waals surface area contributed by atoms with Crippen LogP contribution in [0, 0.1) is 17.6 Å². The zero-order valence-electron chi connectivity index (χ0n) is 30.5. The molecule has 1 aliphatic rings. The van der Waals surface area contributed by atoms with Gasteiger partial charge in [-0.15, -0.1) is 0 Å². The second-order valence-electron chi connectivity index (χ2n) is 15.9. The highest BCUT2D eigenvalue weighted by atomic mass is 28.4. The number of aromatic nitrogens is 2. The van der Waals surface area contributed by atoms with Crippen molar-refractivity contribution in [1.29, 1.82) is 0 Å². The molecule has 0 spiro atoms. The average Bonchev–Trinajstić information content (AvgIpc) is 3.57. The molecule has 3 atom stereocenters. The number of likely N-dealkylation sites (tertiary alicyclic amines) is 1. The van der Waals surface area contributed by atoms with Gasteiger partial charge in [-0.3, -0.25) is 0 Å². The Labute approximate surface area is 286 Å². The molecular weight excluding hydrogens is 631 g/mol. The van der Waals surface area contributed by atoms with Gasteiger partial charge >= 0.3 is 6.09 Å². The molecule has 48 heavy (non-hydrogen) atoms. The number of methoxy groups -OCH3 is 1. The third-order valence-electron chi connectivity index (χ3n) is 9.56. The van der Waals surface area contributed by atoms with Crippen LogP contribution >= 0.6 is 0 Å². The van der Waals surface area contributed by atoms with Crippen molar-refractivity contribution in [2.45, 2.75) is 103 Å². The van der Waals surface area contributed by atoms with E-state index < -0.39 is 37.2 Å². The van der Waals surface area contributed by atoms with Crippen LogP contribution in [-0.4, -0.2) is 72.9 Å².